The Balaban J connectivity index is 2.77. The Hall–Kier alpha value is -1.24. The van der Waals surface area contributed by atoms with Gasteiger partial charge in [-0.15, -0.1) is 0 Å². The van der Waals surface area contributed by atoms with Gasteiger partial charge in [-0.3, -0.25) is 5.11 Å². The molecule has 0 fully saturated rings. The minimum Gasteiger partial charge on any atom is -0.290 e. The van der Waals surface area contributed by atoms with Gasteiger partial charge in [-0.25, -0.2) is 0 Å². The van der Waals surface area contributed by atoms with Crippen molar-refractivity contribution in [2.75, 3.05) is 0 Å². The standard InChI is InChI=1S/C10H11O/c1-2-3-6-9-7-4-5-8-10(9)11/h2-5,7-8H,6H2,1H3. The normalized spacial score (nSPS) is 10.6. The first-order valence-corrected chi connectivity index (χ1v) is 3.70. The highest BCUT2D eigenvalue weighted by Gasteiger charge is 1.96. The third kappa shape index (κ3) is 2.11. The van der Waals surface area contributed by atoms with Crippen LogP contribution >= 0.6 is 0 Å². The molecule has 0 atom stereocenters. The second kappa shape index (κ2) is 3.81. The molecule has 0 bridgehead atoms. The zero-order valence-electron chi connectivity index (χ0n) is 6.58. The SMILES string of the molecule is CC=CCc1ccccc1[O]. The largest absolute Gasteiger partial charge is 0.290 e. The summed E-state index contributed by atoms with van der Waals surface area (Å²) in [6, 6.07) is 7.11. The molecule has 1 heteroatoms. The second-order valence-corrected chi connectivity index (χ2v) is 2.38. The molecule has 0 aliphatic carbocycles. The number of para-hydroxylation sites is 1. The van der Waals surface area contributed by atoms with Crippen LogP contribution < -0.4 is 0 Å². The summed E-state index contributed by atoms with van der Waals surface area (Å²) >= 11 is 0. The van der Waals surface area contributed by atoms with Crippen LogP contribution in [-0.4, -0.2) is 0 Å². The van der Waals surface area contributed by atoms with Gasteiger partial charge < -0.3 is 0 Å². The van der Waals surface area contributed by atoms with E-state index < -0.39 is 0 Å². The minimum atomic E-state index is 0.130. The Labute approximate surface area is 67.0 Å². The van der Waals surface area contributed by atoms with Crippen molar-refractivity contribution in [3.63, 3.8) is 0 Å². The van der Waals surface area contributed by atoms with Crippen LogP contribution in [0, 0.1) is 0 Å². The Morgan fingerprint density at radius 2 is 2.09 bits per heavy atom. The zero-order valence-corrected chi connectivity index (χ0v) is 6.58. The van der Waals surface area contributed by atoms with Crippen molar-refractivity contribution >= 4 is 0 Å². The van der Waals surface area contributed by atoms with Crippen molar-refractivity contribution in [2.24, 2.45) is 0 Å². The summed E-state index contributed by atoms with van der Waals surface area (Å²) in [5, 5.41) is 11.1. The lowest BCUT2D eigenvalue weighted by Gasteiger charge is -1.95. The van der Waals surface area contributed by atoms with E-state index in [1.54, 1.807) is 12.1 Å². The van der Waals surface area contributed by atoms with E-state index in [0.717, 1.165) is 12.0 Å². The van der Waals surface area contributed by atoms with Gasteiger partial charge in [0.25, 0.3) is 0 Å². The van der Waals surface area contributed by atoms with Crippen LogP contribution in [0.5, 0.6) is 5.75 Å². The van der Waals surface area contributed by atoms with Crippen LogP contribution in [0.2, 0.25) is 0 Å². The maximum Gasteiger partial charge on any atom is 0.182 e. The Kier molecular flexibility index (Phi) is 2.73. The Morgan fingerprint density at radius 1 is 1.36 bits per heavy atom. The molecule has 1 aromatic rings. The Morgan fingerprint density at radius 3 is 2.73 bits per heavy atom. The molecule has 0 saturated heterocycles. The van der Waals surface area contributed by atoms with E-state index in [9.17, 15) is 5.11 Å². The monoisotopic (exact) mass is 147 g/mol. The molecule has 0 spiro atoms. The van der Waals surface area contributed by atoms with Crippen LogP contribution in [0.3, 0.4) is 0 Å². The molecule has 0 heterocycles. The van der Waals surface area contributed by atoms with Gasteiger partial charge in [0.15, 0.2) is 5.75 Å². The van der Waals surface area contributed by atoms with Crippen molar-refractivity contribution in [1.29, 1.82) is 0 Å². The highest BCUT2D eigenvalue weighted by atomic mass is 16.3. The fourth-order valence-electron chi connectivity index (χ4n) is 0.917. The average molecular weight is 147 g/mol. The van der Waals surface area contributed by atoms with Crippen LogP contribution in [0.1, 0.15) is 12.5 Å². The predicted molar refractivity (Wildman–Crippen MR) is 45.1 cm³/mol. The molecule has 0 aliphatic rings. The molecule has 0 aromatic heterocycles. The molecule has 0 aliphatic heterocycles. The zero-order chi connectivity index (χ0) is 8.10. The highest BCUT2D eigenvalue weighted by molar-refractivity contribution is 5.32. The molecule has 1 rings (SSSR count). The van der Waals surface area contributed by atoms with Crippen molar-refractivity contribution in [3.05, 3.63) is 42.0 Å². The first-order valence-electron chi connectivity index (χ1n) is 3.70. The summed E-state index contributed by atoms with van der Waals surface area (Å²) < 4.78 is 0. The molecular weight excluding hydrogens is 136 g/mol. The number of hydrogen-bond donors (Lipinski definition) is 0. The maximum atomic E-state index is 11.1. The first-order chi connectivity index (χ1) is 5.34. The molecule has 0 amide bonds. The molecule has 57 valence electrons. The molecule has 0 N–H and O–H groups in total. The van der Waals surface area contributed by atoms with E-state index in [2.05, 4.69) is 0 Å². The van der Waals surface area contributed by atoms with Gasteiger partial charge in [-0.05, 0) is 19.4 Å². The molecule has 11 heavy (non-hydrogen) atoms. The summed E-state index contributed by atoms with van der Waals surface area (Å²) in [5.74, 6) is 0.130. The van der Waals surface area contributed by atoms with E-state index in [4.69, 9.17) is 0 Å². The fraction of sp³-hybridized carbons (Fsp3) is 0.200. The van der Waals surface area contributed by atoms with Gasteiger partial charge >= 0.3 is 0 Å². The van der Waals surface area contributed by atoms with Crippen LogP contribution in [0.25, 0.3) is 0 Å². The predicted octanol–water partition coefficient (Wildman–Crippen LogP) is 2.95. The van der Waals surface area contributed by atoms with E-state index in [-0.39, 0.29) is 5.75 Å². The smallest absolute Gasteiger partial charge is 0.182 e. The number of benzene rings is 1. The first kappa shape index (κ1) is 7.86. The molecule has 1 aromatic carbocycles. The van der Waals surface area contributed by atoms with Gasteiger partial charge in [0.05, 0.1) is 0 Å². The van der Waals surface area contributed by atoms with Crippen molar-refractivity contribution < 1.29 is 5.11 Å². The quantitative estimate of drug-likeness (QED) is 0.573. The molecule has 1 nitrogen and oxygen atoms in total. The minimum absolute atomic E-state index is 0.130. The third-order valence-electron chi connectivity index (χ3n) is 1.55. The van der Waals surface area contributed by atoms with Crippen LogP contribution in [-0.2, 0) is 11.5 Å². The fourth-order valence-corrected chi connectivity index (χ4v) is 0.917. The number of rotatable bonds is 2. The van der Waals surface area contributed by atoms with E-state index in [1.807, 2.05) is 31.2 Å². The van der Waals surface area contributed by atoms with E-state index >= 15 is 0 Å². The van der Waals surface area contributed by atoms with Gasteiger partial charge in [-0.1, -0.05) is 30.4 Å². The third-order valence-corrected chi connectivity index (χ3v) is 1.55. The van der Waals surface area contributed by atoms with Crippen LogP contribution in [0.15, 0.2) is 36.4 Å². The van der Waals surface area contributed by atoms with Gasteiger partial charge in [0.1, 0.15) is 0 Å². The second-order valence-electron chi connectivity index (χ2n) is 2.38. The average Bonchev–Trinajstić information content (AvgIpc) is 2.03. The van der Waals surface area contributed by atoms with E-state index in [0.29, 0.717) is 0 Å². The summed E-state index contributed by atoms with van der Waals surface area (Å²) in [6.45, 7) is 1.95. The maximum absolute atomic E-state index is 11.1. The van der Waals surface area contributed by atoms with Crippen molar-refractivity contribution in [3.8, 4) is 5.75 Å². The van der Waals surface area contributed by atoms with Gasteiger partial charge in [-0.2, -0.15) is 0 Å². The lowest BCUT2D eigenvalue weighted by atomic mass is 10.1. The summed E-state index contributed by atoms with van der Waals surface area (Å²) in [7, 11) is 0. The Bertz CT molecular complexity index is 251. The molecular formula is C10H11O. The molecule has 0 unspecified atom stereocenters. The van der Waals surface area contributed by atoms with E-state index in [1.165, 1.54) is 0 Å². The lowest BCUT2D eigenvalue weighted by Crippen LogP contribution is -1.79. The highest BCUT2D eigenvalue weighted by Crippen LogP contribution is 2.16. The number of allylic oxidation sites excluding steroid dienone is 2. The van der Waals surface area contributed by atoms with Gasteiger partial charge in [0.2, 0.25) is 0 Å². The number of hydrogen-bond acceptors (Lipinski definition) is 0. The topological polar surface area (TPSA) is 19.9 Å². The van der Waals surface area contributed by atoms with Gasteiger partial charge in [0, 0.05) is 5.56 Å². The summed E-state index contributed by atoms with van der Waals surface area (Å²) in [5.41, 5.74) is 0.866. The summed E-state index contributed by atoms with van der Waals surface area (Å²) in [4.78, 5) is 0. The van der Waals surface area contributed by atoms with Crippen molar-refractivity contribution in [2.45, 2.75) is 13.3 Å². The molecule has 0 saturated carbocycles. The van der Waals surface area contributed by atoms with Crippen molar-refractivity contribution in [1.82, 2.24) is 0 Å². The van der Waals surface area contributed by atoms with Crippen LogP contribution in [0.4, 0.5) is 0 Å². The lowest BCUT2D eigenvalue weighted by molar-refractivity contribution is 0.351. The molecule has 1 radical (unpaired) electrons. The summed E-state index contributed by atoms with van der Waals surface area (Å²) in [6.07, 6.45) is 4.68.